The van der Waals surface area contributed by atoms with Crippen LogP contribution >= 0.6 is 11.6 Å². The van der Waals surface area contributed by atoms with E-state index >= 15 is 0 Å². The summed E-state index contributed by atoms with van der Waals surface area (Å²) < 4.78 is 0. The summed E-state index contributed by atoms with van der Waals surface area (Å²) in [6.07, 6.45) is 0. The van der Waals surface area contributed by atoms with Gasteiger partial charge in [-0.05, 0) is 19.1 Å². The molecule has 1 unspecified atom stereocenters. The SMILES string of the molecule is CC(NC(=O)c1ccc([N+](=O)[O-])c(Cl)c1)C(N)=O. The highest BCUT2D eigenvalue weighted by molar-refractivity contribution is 6.33. The number of nitrogens with two attached hydrogens (primary N) is 1. The number of hydrogen-bond donors (Lipinski definition) is 2. The maximum Gasteiger partial charge on any atom is 0.287 e. The van der Waals surface area contributed by atoms with Crippen LogP contribution < -0.4 is 11.1 Å². The summed E-state index contributed by atoms with van der Waals surface area (Å²) in [5.41, 5.74) is 4.80. The minimum atomic E-state index is -0.841. The first kappa shape index (κ1) is 13.9. The Morgan fingerprint density at radius 1 is 1.50 bits per heavy atom. The highest BCUT2D eigenvalue weighted by Crippen LogP contribution is 2.24. The standard InChI is InChI=1S/C10H10ClN3O4/c1-5(9(12)15)13-10(16)6-2-3-8(14(17)18)7(11)4-6/h2-5H,1H3,(H2,12,15)(H,13,16). The van der Waals surface area contributed by atoms with Gasteiger partial charge in [0.2, 0.25) is 5.91 Å². The first-order chi connectivity index (χ1) is 8.32. The van der Waals surface area contributed by atoms with Crippen molar-refractivity contribution in [1.82, 2.24) is 5.32 Å². The average molecular weight is 272 g/mol. The maximum atomic E-state index is 11.6. The molecule has 0 aliphatic carbocycles. The lowest BCUT2D eigenvalue weighted by molar-refractivity contribution is -0.384. The van der Waals surface area contributed by atoms with Crippen molar-refractivity contribution >= 4 is 29.1 Å². The zero-order chi connectivity index (χ0) is 13.9. The van der Waals surface area contributed by atoms with Gasteiger partial charge in [-0.2, -0.15) is 0 Å². The molecule has 0 saturated carbocycles. The summed E-state index contributed by atoms with van der Waals surface area (Å²) in [7, 11) is 0. The topological polar surface area (TPSA) is 115 Å². The van der Waals surface area contributed by atoms with Gasteiger partial charge in [-0.25, -0.2) is 0 Å². The summed E-state index contributed by atoms with van der Waals surface area (Å²) in [4.78, 5) is 32.3. The van der Waals surface area contributed by atoms with Crippen molar-refractivity contribution < 1.29 is 14.5 Å². The second kappa shape index (κ2) is 5.46. The number of nitro benzene ring substituents is 1. The molecule has 8 heteroatoms. The van der Waals surface area contributed by atoms with Crippen LogP contribution in [0.2, 0.25) is 5.02 Å². The van der Waals surface area contributed by atoms with E-state index in [0.717, 1.165) is 12.1 Å². The molecule has 0 bridgehead atoms. The summed E-state index contributed by atoms with van der Waals surface area (Å²) in [5, 5.41) is 12.7. The minimum absolute atomic E-state index is 0.110. The Hall–Kier alpha value is -2.15. The van der Waals surface area contributed by atoms with Gasteiger partial charge in [-0.15, -0.1) is 0 Å². The molecule has 0 spiro atoms. The third kappa shape index (κ3) is 3.17. The monoisotopic (exact) mass is 271 g/mol. The fourth-order valence-electron chi connectivity index (χ4n) is 1.15. The van der Waals surface area contributed by atoms with Crippen LogP contribution in [0.25, 0.3) is 0 Å². The van der Waals surface area contributed by atoms with Crippen molar-refractivity contribution in [2.75, 3.05) is 0 Å². The van der Waals surface area contributed by atoms with Crippen LogP contribution in [-0.4, -0.2) is 22.8 Å². The summed E-state index contributed by atoms with van der Waals surface area (Å²) in [6.45, 7) is 1.42. The van der Waals surface area contributed by atoms with Gasteiger partial charge in [0.05, 0.1) is 4.92 Å². The fraction of sp³-hybridized carbons (Fsp3) is 0.200. The van der Waals surface area contributed by atoms with E-state index in [1.807, 2.05) is 0 Å². The zero-order valence-electron chi connectivity index (χ0n) is 9.34. The number of nitrogens with zero attached hydrogens (tertiary/aromatic N) is 1. The number of nitrogens with one attached hydrogen (secondary N) is 1. The molecule has 0 saturated heterocycles. The fourth-order valence-corrected chi connectivity index (χ4v) is 1.40. The largest absolute Gasteiger partial charge is 0.368 e. The molecule has 1 aromatic carbocycles. The maximum absolute atomic E-state index is 11.6. The van der Waals surface area contributed by atoms with Crippen LogP contribution in [0, 0.1) is 10.1 Å². The Labute approximate surface area is 107 Å². The van der Waals surface area contributed by atoms with Crippen LogP contribution in [0.5, 0.6) is 0 Å². The molecule has 0 aromatic heterocycles. The number of benzene rings is 1. The first-order valence-corrected chi connectivity index (χ1v) is 5.25. The molecular formula is C10H10ClN3O4. The van der Waals surface area contributed by atoms with Crippen LogP contribution in [0.15, 0.2) is 18.2 Å². The number of halogens is 1. The molecule has 1 rings (SSSR count). The Balaban J connectivity index is 2.91. The predicted molar refractivity (Wildman–Crippen MR) is 64.2 cm³/mol. The summed E-state index contributed by atoms with van der Waals surface area (Å²) in [6, 6.07) is 2.67. The van der Waals surface area contributed by atoms with Gasteiger partial charge in [-0.1, -0.05) is 11.6 Å². The lowest BCUT2D eigenvalue weighted by Gasteiger charge is -2.10. The van der Waals surface area contributed by atoms with Gasteiger partial charge < -0.3 is 11.1 Å². The van der Waals surface area contributed by atoms with E-state index in [0.29, 0.717) is 0 Å². The van der Waals surface area contributed by atoms with Gasteiger partial charge >= 0.3 is 0 Å². The first-order valence-electron chi connectivity index (χ1n) is 4.87. The van der Waals surface area contributed by atoms with Crippen molar-refractivity contribution in [2.45, 2.75) is 13.0 Å². The minimum Gasteiger partial charge on any atom is -0.368 e. The van der Waals surface area contributed by atoms with E-state index in [9.17, 15) is 19.7 Å². The molecule has 0 aliphatic heterocycles. The van der Waals surface area contributed by atoms with E-state index < -0.39 is 22.8 Å². The van der Waals surface area contributed by atoms with Gasteiger partial charge in [0, 0.05) is 11.6 Å². The summed E-state index contributed by atoms with van der Waals surface area (Å²) >= 11 is 5.65. The quantitative estimate of drug-likeness (QED) is 0.624. The lowest BCUT2D eigenvalue weighted by atomic mass is 10.2. The number of rotatable bonds is 4. The van der Waals surface area contributed by atoms with Gasteiger partial charge in [-0.3, -0.25) is 19.7 Å². The molecule has 0 radical (unpaired) electrons. The molecule has 7 nitrogen and oxygen atoms in total. The highest BCUT2D eigenvalue weighted by Gasteiger charge is 2.17. The van der Waals surface area contributed by atoms with E-state index in [-0.39, 0.29) is 16.3 Å². The third-order valence-corrected chi connectivity index (χ3v) is 2.48. The molecule has 18 heavy (non-hydrogen) atoms. The molecule has 0 fully saturated rings. The normalized spacial score (nSPS) is 11.7. The smallest absolute Gasteiger partial charge is 0.287 e. The predicted octanol–water partition coefficient (Wildman–Crippen LogP) is 0.852. The van der Waals surface area contributed by atoms with Gasteiger partial charge in [0.15, 0.2) is 0 Å². The lowest BCUT2D eigenvalue weighted by Crippen LogP contribution is -2.42. The number of carbonyl (C=O) groups is 2. The van der Waals surface area contributed by atoms with Crippen LogP contribution in [0.1, 0.15) is 17.3 Å². The molecule has 2 amide bonds. The van der Waals surface area contributed by atoms with E-state index in [1.54, 1.807) is 0 Å². The molecule has 3 N–H and O–H groups in total. The Bertz CT molecular complexity index is 518. The molecule has 0 heterocycles. The number of amides is 2. The molecule has 1 atom stereocenters. The molecule has 1 aromatic rings. The Morgan fingerprint density at radius 3 is 2.56 bits per heavy atom. The number of carbonyl (C=O) groups excluding carboxylic acids is 2. The molecule has 96 valence electrons. The average Bonchev–Trinajstić information content (AvgIpc) is 2.27. The van der Waals surface area contributed by atoms with Crippen molar-refractivity contribution in [3.8, 4) is 0 Å². The van der Waals surface area contributed by atoms with Gasteiger partial charge in [0.1, 0.15) is 11.1 Å². The third-order valence-electron chi connectivity index (χ3n) is 2.18. The molecular weight excluding hydrogens is 262 g/mol. The van der Waals surface area contributed by atoms with E-state index in [2.05, 4.69) is 5.32 Å². The van der Waals surface area contributed by atoms with Crippen molar-refractivity contribution in [3.63, 3.8) is 0 Å². The zero-order valence-corrected chi connectivity index (χ0v) is 10.1. The van der Waals surface area contributed by atoms with Gasteiger partial charge in [0.25, 0.3) is 11.6 Å². The number of primary amides is 1. The summed E-state index contributed by atoms with van der Waals surface area (Å²) in [5.74, 6) is -1.27. The van der Waals surface area contributed by atoms with Crippen molar-refractivity contribution in [2.24, 2.45) is 5.73 Å². The highest BCUT2D eigenvalue weighted by atomic mass is 35.5. The van der Waals surface area contributed by atoms with Crippen LogP contribution in [0.4, 0.5) is 5.69 Å². The van der Waals surface area contributed by atoms with Crippen LogP contribution in [-0.2, 0) is 4.79 Å². The second-order valence-electron chi connectivity index (χ2n) is 3.52. The Kier molecular flexibility index (Phi) is 4.22. The van der Waals surface area contributed by atoms with Crippen LogP contribution in [0.3, 0.4) is 0 Å². The molecule has 0 aliphatic rings. The Morgan fingerprint density at radius 2 is 2.11 bits per heavy atom. The van der Waals surface area contributed by atoms with Crippen molar-refractivity contribution in [3.05, 3.63) is 38.9 Å². The number of hydrogen-bond acceptors (Lipinski definition) is 4. The van der Waals surface area contributed by atoms with E-state index in [4.69, 9.17) is 17.3 Å². The second-order valence-corrected chi connectivity index (χ2v) is 3.93. The van der Waals surface area contributed by atoms with E-state index in [1.165, 1.54) is 13.0 Å². The van der Waals surface area contributed by atoms with Crippen molar-refractivity contribution in [1.29, 1.82) is 0 Å². The number of nitro groups is 1.